The van der Waals surface area contributed by atoms with E-state index in [2.05, 4.69) is 89.7 Å². The van der Waals surface area contributed by atoms with Crippen molar-refractivity contribution in [3.63, 3.8) is 0 Å². The summed E-state index contributed by atoms with van der Waals surface area (Å²) < 4.78 is 2.44. The Morgan fingerprint density at radius 2 is 1.57 bits per heavy atom. The summed E-state index contributed by atoms with van der Waals surface area (Å²) in [5.41, 5.74) is 5.52. The number of nitrogens with zero attached hydrogens (tertiary/aromatic N) is 3. The van der Waals surface area contributed by atoms with Gasteiger partial charge >= 0.3 is 0 Å². The Balaban J connectivity index is 1.32. The molecular formula is C26H35N3S. The molecule has 1 saturated heterocycles. The Bertz CT molecular complexity index is 836. The fraction of sp³-hybridized carbons (Fsp3) is 0.462. The van der Waals surface area contributed by atoms with Gasteiger partial charge in [0, 0.05) is 30.6 Å². The highest BCUT2D eigenvalue weighted by atomic mass is 32.2. The maximum atomic E-state index is 2.53. The number of benzene rings is 2. The predicted molar refractivity (Wildman–Crippen MR) is 130 cm³/mol. The van der Waals surface area contributed by atoms with Gasteiger partial charge in [-0.1, -0.05) is 48.0 Å². The average molecular weight is 422 g/mol. The van der Waals surface area contributed by atoms with Gasteiger partial charge in [-0.15, -0.1) is 0 Å². The Hall–Kier alpha value is -1.59. The molecule has 0 radical (unpaired) electrons. The second-order valence-corrected chi connectivity index (χ2v) is 10.1. The van der Waals surface area contributed by atoms with Crippen LogP contribution in [-0.2, 0) is 6.54 Å². The van der Waals surface area contributed by atoms with Gasteiger partial charge < -0.3 is 4.90 Å². The van der Waals surface area contributed by atoms with Crippen molar-refractivity contribution in [3.8, 4) is 11.1 Å². The first-order valence-corrected chi connectivity index (χ1v) is 12.0. The van der Waals surface area contributed by atoms with E-state index in [9.17, 15) is 0 Å². The van der Waals surface area contributed by atoms with Crippen LogP contribution >= 0.6 is 11.9 Å². The van der Waals surface area contributed by atoms with E-state index in [1.807, 2.05) is 11.9 Å². The molecule has 0 saturated carbocycles. The first-order valence-electron chi connectivity index (χ1n) is 11.2. The molecule has 160 valence electrons. The minimum Gasteiger partial charge on any atom is -0.306 e. The minimum atomic E-state index is 0.713. The van der Waals surface area contributed by atoms with E-state index >= 15 is 0 Å². The number of likely N-dealkylation sites (tertiary alicyclic amines) is 1. The lowest BCUT2D eigenvalue weighted by atomic mass is 10.0. The summed E-state index contributed by atoms with van der Waals surface area (Å²) in [6.07, 6.45) is 6.09. The minimum absolute atomic E-state index is 0.713. The van der Waals surface area contributed by atoms with Crippen LogP contribution in [0.3, 0.4) is 0 Å². The van der Waals surface area contributed by atoms with Crippen molar-refractivity contribution >= 4 is 11.9 Å². The third-order valence-electron chi connectivity index (χ3n) is 6.52. The van der Waals surface area contributed by atoms with Gasteiger partial charge in [0.1, 0.15) is 0 Å². The predicted octanol–water partition coefficient (Wildman–Crippen LogP) is 5.54. The summed E-state index contributed by atoms with van der Waals surface area (Å²) in [6, 6.07) is 18.9. The molecule has 0 aromatic heterocycles. The normalized spacial score (nSPS) is 19.3. The Labute approximate surface area is 186 Å². The molecule has 1 fully saturated rings. The lowest BCUT2D eigenvalue weighted by Crippen LogP contribution is -2.41. The zero-order chi connectivity index (χ0) is 20.9. The lowest BCUT2D eigenvalue weighted by Gasteiger charge is -2.35. The van der Waals surface area contributed by atoms with Crippen LogP contribution in [0.4, 0.5) is 0 Å². The number of hydrogen-bond acceptors (Lipinski definition) is 4. The fourth-order valence-corrected chi connectivity index (χ4v) is 5.24. The van der Waals surface area contributed by atoms with Crippen molar-refractivity contribution < 1.29 is 0 Å². The topological polar surface area (TPSA) is 9.72 Å². The SMILES string of the molecule is CC1=CCN(Sc2ccc(-c3ccc(CN(C)C4CCN(C)CC4)cc3)cc2)CC1. The molecule has 4 heteroatoms. The largest absolute Gasteiger partial charge is 0.306 e. The van der Waals surface area contributed by atoms with E-state index in [1.165, 1.54) is 59.5 Å². The molecule has 4 rings (SSSR count). The summed E-state index contributed by atoms with van der Waals surface area (Å²) in [7, 11) is 4.51. The molecule has 3 nitrogen and oxygen atoms in total. The second kappa shape index (κ2) is 10.1. The lowest BCUT2D eigenvalue weighted by molar-refractivity contribution is 0.139. The quantitative estimate of drug-likeness (QED) is 0.447. The van der Waals surface area contributed by atoms with Gasteiger partial charge in [-0.3, -0.25) is 4.90 Å². The van der Waals surface area contributed by atoms with Crippen LogP contribution in [0.1, 0.15) is 31.7 Å². The van der Waals surface area contributed by atoms with Crippen molar-refractivity contribution in [1.82, 2.24) is 14.1 Å². The fourth-order valence-electron chi connectivity index (χ4n) is 4.35. The van der Waals surface area contributed by atoms with Crippen molar-refractivity contribution in [2.24, 2.45) is 0 Å². The van der Waals surface area contributed by atoms with Gasteiger partial charge in [0.25, 0.3) is 0 Å². The number of hydrogen-bond donors (Lipinski definition) is 0. The number of piperidine rings is 1. The zero-order valence-corrected chi connectivity index (χ0v) is 19.5. The molecule has 30 heavy (non-hydrogen) atoms. The molecule has 0 spiro atoms. The van der Waals surface area contributed by atoms with Crippen molar-refractivity contribution in [2.75, 3.05) is 40.3 Å². The summed E-state index contributed by atoms with van der Waals surface area (Å²) in [4.78, 5) is 6.29. The Kier molecular flexibility index (Phi) is 7.32. The van der Waals surface area contributed by atoms with Crippen molar-refractivity contribution in [3.05, 3.63) is 65.7 Å². The molecule has 0 amide bonds. The molecule has 0 N–H and O–H groups in total. The molecular weight excluding hydrogens is 386 g/mol. The molecule has 2 aromatic rings. The Morgan fingerprint density at radius 1 is 0.933 bits per heavy atom. The van der Waals surface area contributed by atoms with E-state index in [-0.39, 0.29) is 0 Å². The molecule has 2 aliphatic heterocycles. The second-order valence-electron chi connectivity index (χ2n) is 8.95. The van der Waals surface area contributed by atoms with Crippen LogP contribution in [0.2, 0.25) is 0 Å². The van der Waals surface area contributed by atoms with Crippen LogP contribution in [0.5, 0.6) is 0 Å². The summed E-state index contributed by atoms with van der Waals surface area (Å²) in [6.45, 7) is 7.89. The van der Waals surface area contributed by atoms with Crippen molar-refractivity contribution in [2.45, 2.75) is 43.7 Å². The van der Waals surface area contributed by atoms with Crippen LogP contribution in [0.25, 0.3) is 11.1 Å². The monoisotopic (exact) mass is 421 g/mol. The van der Waals surface area contributed by atoms with Gasteiger partial charge in [0.15, 0.2) is 0 Å². The molecule has 0 bridgehead atoms. The highest BCUT2D eigenvalue weighted by molar-refractivity contribution is 7.97. The standard InChI is InChI=1S/C26H35N3S/c1-21-12-18-29(19-13-21)30-26-10-8-24(9-11-26)23-6-4-22(5-7-23)20-28(3)25-14-16-27(2)17-15-25/h4-12,25H,13-20H2,1-3H3. The maximum absolute atomic E-state index is 2.53. The van der Waals surface area contributed by atoms with E-state index in [4.69, 9.17) is 0 Å². The average Bonchev–Trinajstić information content (AvgIpc) is 2.77. The van der Waals surface area contributed by atoms with Gasteiger partial charge in [0.05, 0.1) is 0 Å². The first kappa shape index (κ1) is 21.6. The summed E-state index contributed by atoms with van der Waals surface area (Å²) in [5.74, 6) is 0. The maximum Gasteiger partial charge on any atom is 0.0276 e. The molecule has 2 heterocycles. The van der Waals surface area contributed by atoms with E-state index in [1.54, 1.807) is 0 Å². The van der Waals surface area contributed by atoms with Crippen molar-refractivity contribution in [1.29, 1.82) is 0 Å². The van der Waals surface area contributed by atoms with E-state index in [0.717, 1.165) is 19.6 Å². The molecule has 0 aliphatic carbocycles. The molecule has 2 aliphatic rings. The van der Waals surface area contributed by atoms with Gasteiger partial charge in [-0.25, -0.2) is 4.31 Å². The van der Waals surface area contributed by atoms with E-state index in [0.29, 0.717) is 6.04 Å². The van der Waals surface area contributed by atoms with Crippen LogP contribution in [0.15, 0.2) is 65.1 Å². The first-order chi connectivity index (χ1) is 14.6. The van der Waals surface area contributed by atoms with Gasteiger partial charge in [-0.2, -0.15) is 0 Å². The Morgan fingerprint density at radius 3 is 2.17 bits per heavy atom. The highest BCUT2D eigenvalue weighted by Crippen LogP contribution is 2.29. The van der Waals surface area contributed by atoms with Gasteiger partial charge in [0.2, 0.25) is 0 Å². The van der Waals surface area contributed by atoms with Gasteiger partial charge in [-0.05, 0) is 94.1 Å². The van der Waals surface area contributed by atoms with Crippen LogP contribution < -0.4 is 0 Å². The smallest absolute Gasteiger partial charge is 0.0276 e. The summed E-state index contributed by atoms with van der Waals surface area (Å²) >= 11 is 1.87. The molecule has 2 aromatic carbocycles. The molecule has 0 unspecified atom stereocenters. The van der Waals surface area contributed by atoms with E-state index < -0.39 is 0 Å². The van der Waals surface area contributed by atoms with Crippen LogP contribution in [-0.4, -0.2) is 60.4 Å². The third kappa shape index (κ3) is 5.76. The third-order valence-corrected chi connectivity index (χ3v) is 7.59. The number of rotatable bonds is 6. The van der Waals surface area contributed by atoms with Crippen LogP contribution in [0, 0.1) is 0 Å². The summed E-state index contributed by atoms with van der Waals surface area (Å²) in [5, 5.41) is 0. The highest BCUT2D eigenvalue weighted by Gasteiger charge is 2.20. The molecule has 0 atom stereocenters. The zero-order valence-electron chi connectivity index (χ0n) is 18.7.